The lowest BCUT2D eigenvalue weighted by atomic mass is 10.00. The summed E-state index contributed by atoms with van der Waals surface area (Å²) in [5.41, 5.74) is -0.394. The number of hydrogen-bond acceptors (Lipinski definition) is 4. The molecule has 0 aromatic carbocycles. The molecule has 1 aromatic rings. The molecule has 0 saturated carbocycles. The Morgan fingerprint density at radius 1 is 1.56 bits per heavy atom. The van der Waals surface area contributed by atoms with E-state index < -0.39 is 18.0 Å². The normalized spacial score (nSPS) is 29.4. The molecule has 4 atom stereocenters. The van der Waals surface area contributed by atoms with Crippen LogP contribution in [0.1, 0.15) is 32.1 Å². The molecule has 6 heteroatoms. The number of ether oxygens (including phenoxy) is 1. The molecule has 2 heterocycles. The van der Waals surface area contributed by atoms with Crippen molar-refractivity contribution in [1.82, 2.24) is 9.55 Å². The van der Waals surface area contributed by atoms with Gasteiger partial charge >= 0.3 is 5.69 Å². The minimum Gasteiger partial charge on any atom is -0.391 e. The molecule has 100 valence electrons. The minimum absolute atomic E-state index is 0.161. The van der Waals surface area contributed by atoms with Crippen molar-refractivity contribution in [1.29, 1.82) is 0 Å². The number of aryl methyl sites for hydroxylation is 1. The van der Waals surface area contributed by atoms with Gasteiger partial charge < -0.3 is 9.84 Å². The van der Waals surface area contributed by atoms with Crippen LogP contribution in [0.5, 0.6) is 0 Å². The average molecular weight is 254 g/mol. The summed E-state index contributed by atoms with van der Waals surface area (Å²) in [7, 11) is 0. The largest absolute Gasteiger partial charge is 0.391 e. The van der Waals surface area contributed by atoms with Gasteiger partial charge in [-0.1, -0.05) is 6.92 Å². The summed E-state index contributed by atoms with van der Waals surface area (Å²) in [4.78, 5) is 25.3. The first-order valence-electron chi connectivity index (χ1n) is 6.05. The van der Waals surface area contributed by atoms with Crippen molar-refractivity contribution in [3.05, 3.63) is 32.6 Å². The van der Waals surface area contributed by atoms with Gasteiger partial charge in [0, 0.05) is 11.8 Å². The molecule has 18 heavy (non-hydrogen) atoms. The SMILES string of the molecule is Cc1cn([C@H]2C[C@@H](C)[C@@H]([C@H](C)O)O2)c(=O)[nH]c1=O. The van der Waals surface area contributed by atoms with E-state index in [1.807, 2.05) is 6.92 Å². The van der Waals surface area contributed by atoms with Crippen molar-refractivity contribution in [3.8, 4) is 0 Å². The third-order valence-electron chi connectivity index (χ3n) is 3.38. The first-order chi connectivity index (χ1) is 8.40. The van der Waals surface area contributed by atoms with Crippen LogP contribution >= 0.6 is 0 Å². The van der Waals surface area contributed by atoms with E-state index in [1.54, 1.807) is 13.8 Å². The highest BCUT2D eigenvalue weighted by atomic mass is 16.5. The van der Waals surface area contributed by atoms with Crippen LogP contribution in [0.25, 0.3) is 0 Å². The fourth-order valence-corrected chi connectivity index (χ4v) is 2.39. The molecule has 1 aromatic heterocycles. The number of nitrogens with zero attached hydrogens (tertiary/aromatic N) is 1. The molecular formula is C12H18N2O4. The first-order valence-corrected chi connectivity index (χ1v) is 6.05. The Morgan fingerprint density at radius 3 is 2.78 bits per heavy atom. The van der Waals surface area contributed by atoms with Crippen molar-refractivity contribution in [2.24, 2.45) is 5.92 Å². The van der Waals surface area contributed by atoms with E-state index >= 15 is 0 Å². The predicted molar refractivity (Wildman–Crippen MR) is 65.4 cm³/mol. The van der Waals surface area contributed by atoms with Gasteiger partial charge in [0.05, 0.1) is 12.2 Å². The van der Waals surface area contributed by atoms with E-state index in [0.717, 1.165) is 0 Å². The fourth-order valence-electron chi connectivity index (χ4n) is 2.39. The smallest absolute Gasteiger partial charge is 0.330 e. The average Bonchev–Trinajstić information content (AvgIpc) is 2.65. The van der Waals surface area contributed by atoms with Crippen LogP contribution in [0.15, 0.2) is 15.8 Å². The number of aliphatic hydroxyl groups is 1. The van der Waals surface area contributed by atoms with E-state index in [9.17, 15) is 14.7 Å². The van der Waals surface area contributed by atoms with E-state index in [-0.39, 0.29) is 17.6 Å². The van der Waals surface area contributed by atoms with Gasteiger partial charge in [-0.15, -0.1) is 0 Å². The summed E-state index contributed by atoms with van der Waals surface area (Å²) in [5.74, 6) is 0.161. The third-order valence-corrected chi connectivity index (χ3v) is 3.38. The van der Waals surface area contributed by atoms with Gasteiger partial charge in [0.15, 0.2) is 0 Å². The van der Waals surface area contributed by atoms with E-state index in [0.29, 0.717) is 12.0 Å². The minimum atomic E-state index is -0.579. The highest BCUT2D eigenvalue weighted by Gasteiger charge is 2.36. The van der Waals surface area contributed by atoms with Crippen molar-refractivity contribution < 1.29 is 9.84 Å². The molecule has 1 fully saturated rings. The van der Waals surface area contributed by atoms with Crippen molar-refractivity contribution >= 4 is 0 Å². The quantitative estimate of drug-likeness (QED) is 0.786. The second-order valence-electron chi connectivity index (χ2n) is 4.99. The molecule has 0 amide bonds. The van der Waals surface area contributed by atoms with Gasteiger partial charge in [-0.2, -0.15) is 0 Å². The third kappa shape index (κ3) is 2.26. The molecule has 0 radical (unpaired) electrons. The van der Waals surface area contributed by atoms with E-state index in [1.165, 1.54) is 10.8 Å². The number of aromatic amines is 1. The maximum Gasteiger partial charge on any atom is 0.330 e. The van der Waals surface area contributed by atoms with Gasteiger partial charge in [-0.25, -0.2) is 4.79 Å². The van der Waals surface area contributed by atoms with Crippen LogP contribution in [0.2, 0.25) is 0 Å². The molecule has 1 saturated heterocycles. The van der Waals surface area contributed by atoms with Crippen LogP contribution in [0, 0.1) is 12.8 Å². The lowest BCUT2D eigenvalue weighted by Gasteiger charge is -2.18. The van der Waals surface area contributed by atoms with Crippen LogP contribution in [-0.2, 0) is 4.74 Å². The Kier molecular flexibility index (Phi) is 3.41. The van der Waals surface area contributed by atoms with Gasteiger partial charge in [-0.05, 0) is 26.2 Å². The molecule has 0 aliphatic carbocycles. The number of H-pyrrole nitrogens is 1. The first kappa shape index (κ1) is 13.0. The molecule has 1 aliphatic heterocycles. The van der Waals surface area contributed by atoms with Gasteiger partial charge in [0.2, 0.25) is 0 Å². The number of aliphatic hydroxyl groups excluding tert-OH is 1. The highest BCUT2D eigenvalue weighted by molar-refractivity contribution is 5.02. The van der Waals surface area contributed by atoms with E-state index in [4.69, 9.17) is 4.74 Å². The standard InChI is InChI=1S/C12H18N2O4/c1-6-4-9(18-10(6)8(3)15)14-5-7(2)11(16)13-12(14)17/h5-6,8-10,15H,4H2,1-3H3,(H,13,16,17)/t6-,8+,9-,10+/m1/s1. The summed E-state index contributed by atoms with van der Waals surface area (Å²) < 4.78 is 7.07. The summed E-state index contributed by atoms with van der Waals surface area (Å²) in [6.07, 6.45) is 0.852. The van der Waals surface area contributed by atoms with Crippen molar-refractivity contribution in [3.63, 3.8) is 0 Å². The topological polar surface area (TPSA) is 84.3 Å². The van der Waals surface area contributed by atoms with Gasteiger partial charge in [0.1, 0.15) is 6.23 Å². The zero-order chi connectivity index (χ0) is 13.4. The predicted octanol–water partition coefficient (Wildman–Crippen LogP) is 0.149. The molecule has 1 aliphatic rings. The lowest BCUT2D eigenvalue weighted by molar-refractivity contribution is -0.0625. The zero-order valence-corrected chi connectivity index (χ0v) is 10.7. The van der Waals surface area contributed by atoms with E-state index in [2.05, 4.69) is 4.98 Å². The number of rotatable bonds is 2. The molecule has 2 rings (SSSR count). The van der Waals surface area contributed by atoms with Gasteiger partial charge in [-0.3, -0.25) is 14.3 Å². The number of nitrogens with one attached hydrogen (secondary N) is 1. The second-order valence-corrected chi connectivity index (χ2v) is 4.99. The Hall–Kier alpha value is -1.40. The van der Waals surface area contributed by atoms with Crippen LogP contribution in [0.4, 0.5) is 0 Å². The summed E-state index contributed by atoms with van der Waals surface area (Å²) in [5, 5.41) is 9.59. The van der Waals surface area contributed by atoms with Crippen LogP contribution < -0.4 is 11.2 Å². The summed E-state index contributed by atoms with van der Waals surface area (Å²) in [6, 6.07) is 0. The molecule has 0 spiro atoms. The Labute approximate surface area is 104 Å². The number of aromatic nitrogens is 2. The highest BCUT2D eigenvalue weighted by Crippen LogP contribution is 2.33. The summed E-state index contributed by atoms with van der Waals surface area (Å²) in [6.45, 7) is 5.28. The van der Waals surface area contributed by atoms with Crippen LogP contribution in [-0.4, -0.2) is 26.9 Å². The fraction of sp³-hybridized carbons (Fsp3) is 0.667. The second kappa shape index (κ2) is 4.70. The molecule has 2 N–H and O–H groups in total. The molecule has 6 nitrogen and oxygen atoms in total. The zero-order valence-electron chi connectivity index (χ0n) is 10.7. The molecular weight excluding hydrogens is 236 g/mol. The molecule has 0 unspecified atom stereocenters. The lowest BCUT2D eigenvalue weighted by Crippen LogP contribution is -2.34. The van der Waals surface area contributed by atoms with Crippen molar-refractivity contribution in [2.75, 3.05) is 0 Å². The maximum atomic E-state index is 11.7. The van der Waals surface area contributed by atoms with Crippen molar-refractivity contribution in [2.45, 2.75) is 45.6 Å². The Morgan fingerprint density at radius 2 is 2.22 bits per heavy atom. The molecule has 0 bridgehead atoms. The van der Waals surface area contributed by atoms with Gasteiger partial charge in [0.25, 0.3) is 5.56 Å². The summed E-state index contributed by atoms with van der Waals surface area (Å²) >= 11 is 0. The Bertz CT molecular complexity index is 546. The monoisotopic (exact) mass is 254 g/mol. The Balaban J connectivity index is 2.32. The maximum absolute atomic E-state index is 11.7. The van der Waals surface area contributed by atoms with Crippen LogP contribution in [0.3, 0.4) is 0 Å². The number of hydrogen-bond donors (Lipinski definition) is 2.